The van der Waals surface area contributed by atoms with Crippen LogP contribution in [0.25, 0.3) is 11.3 Å². The Labute approximate surface area is 160 Å². The molecule has 0 unspecified atom stereocenters. The highest BCUT2D eigenvalue weighted by molar-refractivity contribution is 5.88. The first-order valence-corrected chi connectivity index (χ1v) is 9.57. The van der Waals surface area contributed by atoms with Crippen molar-refractivity contribution in [2.45, 2.75) is 26.2 Å². The van der Waals surface area contributed by atoms with E-state index in [-0.39, 0.29) is 10.7 Å². The molecule has 0 aliphatic carbocycles. The summed E-state index contributed by atoms with van der Waals surface area (Å²) in [6.07, 6.45) is 4.22. The van der Waals surface area contributed by atoms with Gasteiger partial charge in [0.05, 0.1) is 25.3 Å². The molecule has 0 bridgehead atoms. The Morgan fingerprint density at radius 1 is 1.22 bits per heavy atom. The van der Waals surface area contributed by atoms with Crippen LogP contribution in [0.3, 0.4) is 0 Å². The van der Waals surface area contributed by atoms with Gasteiger partial charge in [-0.15, -0.1) is 0 Å². The number of hydrogen-bond donors (Lipinski definition) is 2. The van der Waals surface area contributed by atoms with Crippen LogP contribution in [0.5, 0.6) is 0 Å². The number of piperidine rings is 1. The van der Waals surface area contributed by atoms with Crippen LogP contribution in [0.4, 0.5) is 10.6 Å². The van der Waals surface area contributed by atoms with Crippen molar-refractivity contribution in [3.8, 4) is 11.3 Å². The highest BCUT2D eigenvalue weighted by Gasteiger charge is 2.25. The lowest BCUT2D eigenvalue weighted by atomic mass is 9.93. The fraction of sp³-hybridized carbons (Fsp3) is 0.450. The number of benzene rings is 1. The summed E-state index contributed by atoms with van der Waals surface area (Å²) in [5.74, 6) is 0.983. The van der Waals surface area contributed by atoms with Crippen LogP contribution in [-0.2, 0) is 0 Å². The molecule has 0 atom stereocenters. The Hall–Kier alpha value is -2.51. The Bertz CT molecular complexity index is 745. The third-order valence-electron chi connectivity index (χ3n) is 5.28. The van der Waals surface area contributed by atoms with Gasteiger partial charge in [-0.3, -0.25) is 5.32 Å². The molecule has 0 radical (unpaired) electrons. The Kier molecular flexibility index (Phi) is 6.36. The van der Waals surface area contributed by atoms with E-state index in [4.69, 9.17) is 0 Å². The molecular weight excluding hydrogens is 342 g/mol. The molecule has 1 aromatic heterocycles. The zero-order chi connectivity index (χ0) is 19.1. The maximum Gasteiger partial charge on any atom is 0.320 e. The van der Waals surface area contributed by atoms with Gasteiger partial charge in [0.15, 0.2) is 0 Å². The van der Waals surface area contributed by atoms with Gasteiger partial charge >= 0.3 is 6.03 Å². The number of amides is 2. The first kappa shape index (κ1) is 19.3. The summed E-state index contributed by atoms with van der Waals surface area (Å²) in [6.45, 7) is 4.58. The summed E-state index contributed by atoms with van der Waals surface area (Å²) in [5.41, 5.74) is 1.74. The number of urea groups is 1. The van der Waals surface area contributed by atoms with E-state index < -0.39 is 0 Å². The molecule has 144 valence electrons. The standard InChI is InChI=1S/C20H27N5O2/c1-2-25(27)12-9-16(10-13-25)8-11-21-20(26)24-19-14-18(22-15-23-19)17-6-4-3-5-7-17/h3-7,14-16H,2,8-13H2,1H3,(H2,21,22,23,24,26). The number of aromatic nitrogens is 2. The number of nitrogens with one attached hydrogen (secondary N) is 2. The monoisotopic (exact) mass is 369 g/mol. The van der Waals surface area contributed by atoms with Crippen molar-refractivity contribution in [3.05, 3.63) is 47.9 Å². The third-order valence-corrected chi connectivity index (χ3v) is 5.28. The highest BCUT2D eigenvalue weighted by atomic mass is 16.5. The summed E-state index contributed by atoms with van der Waals surface area (Å²) >= 11 is 0. The third kappa shape index (κ3) is 5.48. The molecule has 1 saturated heterocycles. The molecule has 27 heavy (non-hydrogen) atoms. The average molecular weight is 369 g/mol. The van der Waals surface area contributed by atoms with Crippen LogP contribution in [-0.4, -0.2) is 46.8 Å². The number of anilines is 1. The molecule has 2 aromatic rings. The number of hydroxylamine groups is 3. The summed E-state index contributed by atoms with van der Waals surface area (Å²) < 4.78 is -0.0676. The molecule has 1 aliphatic heterocycles. The molecule has 1 aromatic carbocycles. The Morgan fingerprint density at radius 2 is 1.96 bits per heavy atom. The van der Waals surface area contributed by atoms with E-state index in [0.29, 0.717) is 37.9 Å². The second-order valence-electron chi connectivity index (χ2n) is 7.09. The minimum atomic E-state index is -0.272. The van der Waals surface area contributed by atoms with Crippen LogP contribution < -0.4 is 10.6 Å². The molecule has 1 fully saturated rings. The summed E-state index contributed by atoms with van der Waals surface area (Å²) in [4.78, 5) is 20.5. The molecule has 2 amide bonds. The predicted molar refractivity (Wildman–Crippen MR) is 106 cm³/mol. The van der Waals surface area contributed by atoms with Gasteiger partial charge in [0.2, 0.25) is 0 Å². The van der Waals surface area contributed by atoms with Gasteiger partial charge in [-0.05, 0) is 32.1 Å². The van der Waals surface area contributed by atoms with Crippen LogP contribution in [0.15, 0.2) is 42.7 Å². The number of quaternary nitrogens is 1. The summed E-state index contributed by atoms with van der Waals surface area (Å²) in [7, 11) is 0. The first-order valence-electron chi connectivity index (χ1n) is 9.57. The fourth-order valence-corrected chi connectivity index (χ4v) is 3.44. The van der Waals surface area contributed by atoms with Crippen molar-refractivity contribution in [3.63, 3.8) is 0 Å². The van der Waals surface area contributed by atoms with Gasteiger partial charge in [0, 0.05) is 18.2 Å². The molecule has 1 aliphatic rings. The van der Waals surface area contributed by atoms with Crippen molar-refractivity contribution >= 4 is 11.8 Å². The van der Waals surface area contributed by atoms with Gasteiger partial charge < -0.3 is 15.2 Å². The molecule has 0 spiro atoms. The number of likely N-dealkylation sites (tertiary alicyclic amines) is 1. The number of rotatable bonds is 6. The second-order valence-corrected chi connectivity index (χ2v) is 7.09. The largest absolute Gasteiger partial charge is 0.633 e. The van der Waals surface area contributed by atoms with Gasteiger partial charge in [-0.25, -0.2) is 14.8 Å². The van der Waals surface area contributed by atoms with Crippen molar-refractivity contribution in [2.24, 2.45) is 5.92 Å². The molecule has 2 heterocycles. The summed E-state index contributed by atoms with van der Waals surface area (Å²) in [5, 5.41) is 17.8. The van der Waals surface area contributed by atoms with Crippen LogP contribution in [0, 0.1) is 11.1 Å². The molecule has 7 heteroatoms. The quantitative estimate of drug-likeness (QED) is 0.603. The number of nitrogens with zero attached hydrogens (tertiary/aromatic N) is 3. The first-order chi connectivity index (χ1) is 13.1. The van der Waals surface area contributed by atoms with Crippen LogP contribution in [0.2, 0.25) is 0 Å². The normalized spacial score (nSPS) is 22.2. The molecular formula is C20H27N5O2. The highest BCUT2D eigenvalue weighted by Crippen LogP contribution is 2.24. The van der Waals surface area contributed by atoms with Crippen molar-refractivity contribution in [2.75, 3.05) is 31.5 Å². The number of carbonyl (C=O) groups excluding carboxylic acids is 1. The van der Waals surface area contributed by atoms with Crippen molar-refractivity contribution in [1.82, 2.24) is 15.3 Å². The smallest absolute Gasteiger partial charge is 0.320 e. The second kappa shape index (κ2) is 8.92. The van der Waals surface area contributed by atoms with Crippen molar-refractivity contribution < 1.29 is 9.44 Å². The lowest BCUT2D eigenvalue weighted by Gasteiger charge is -2.46. The average Bonchev–Trinajstić information content (AvgIpc) is 2.70. The van der Waals surface area contributed by atoms with E-state index in [1.807, 2.05) is 37.3 Å². The topological polar surface area (TPSA) is 90.0 Å². The van der Waals surface area contributed by atoms with Gasteiger partial charge in [-0.1, -0.05) is 30.3 Å². The molecule has 2 N–H and O–H groups in total. The van der Waals surface area contributed by atoms with E-state index in [0.717, 1.165) is 30.5 Å². The Morgan fingerprint density at radius 3 is 2.67 bits per heavy atom. The maximum atomic E-state index is 12.2. The molecule has 3 rings (SSSR count). The molecule has 0 saturated carbocycles. The minimum absolute atomic E-state index is 0.0676. The number of carbonyl (C=O) groups is 1. The maximum absolute atomic E-state index is 12.2. The van der Waals surface area contributed by atoms with E-state index in [1.54, 1.807) is 6.07 Å². The lowest BCUT2D eigenvalue weighted by molar-refractivity contribution is -0.885. The van der Waals surface area contributed by atoms with E-state index in [9.17, 15) is 10.0 Å². The van der Waals surface area contributed by atoms with Crippen LogP contribution >= 0.6 is 0 Å². The van der Waals surface area contributed by atoms with E-state index in [1.165, 1.54) is 6.33 Å². The Balaban J connectivity index is 1.44. The zero-order valence-electron chi connectivity index (χ0n) is 15.7. The van der Waals surface area contributed by atoms with E-state index in [2.05, 4.69) is 20.6 Å². The summed E-state index contributed by atoms with van der Waals surface area (Å²) in [6, 6.07) is 11.2. The van der Waals surface area contributed by atoms with Gasteiger partial charge in [0.25, 0.3) is 0 Å². The van der Waals surface area contributed by atoms with Crippen LogP contribution in [0.1, 0.15) is 26.2 Å². The fourth-order valence-electron chi connectivity index (χ4n) is 3.44. The lowest BCUT2D eigenvalue weighted by Crippen LogP contribution is -2.48. The zero-order valence-corrected chi connectivity index (χ0v) is 15.7. The minimum Gasteiger partial charge on any atom is -0.633 e. The van der Waals surface area contributed by atoms with Gasteiger partial charge in [0.1, 0.15) is 12.1 Å². The SMILES string of the molecule is CC[N+]1([O-])CCC(CCNC(=O)Nc2cc(-c3ccccc3)ncn2)CC1. The molecule has 7 nitrogen and oxygen atoms in total. The van der Waals surface area contributed by atoms with E-state index >= 15 is 0 Å². The predicted octanol–water partition coefficient (Wildman–Crippen LogP) is 3.40. The van der Waals surface area contributed by atoms with Crippen molar-refractivity contribution in [1.29, 1.82) is 0 Å². The number of hydrogen-bond acceptors (Lipinski definition) is 4. The van der Waals surface area contributed by atoms with Gasteiger partial charge in [-0.2, -0.15) is 0 Å².